The smallest absolute Gasteiger partial charge is 0.225 e. The Morgan fingerprint density at radius 2 is 1.93 bits per heavy atom. The fourth-order valence-electron chi connectivity index (χ4n) is 7.41. The van der Waals surface area contributed by atoms with Crippen LogP contribution in [0.25, 0.3) is 6.08 Å². The average molecular weight is 1280 g/mol. The molecule has 0 radical (unpaired) electrons. The highest BCUT2D eigenvalue weighted by atomic mass is 32.1. The van der Waals surface area contributed by atoms with Gasteiger partial charge >= 0.3 is 0 Å². The van der Waals surface area contributed by atoms with Gasteiger partial charge in [0.25, 0.3) is 0 Å². The molecule has 0 aliphatic carbocycles. The molecule has 2 aliphatic rings. The molecule has 44 heavy (non-hydrogen) atoms. The summed E-state index contributed by atoms with van der Waals surface area (Å²) in [6, 6.07) is -0.458. The van der Waals surface area contributed by atoms with Crippen molar-refractivity contribution in [2.75, 3.05) is 0 Å². The third-order valence-corrected chi connectivity index (χ3v) is 12.4. The molecule has 2 saturated heterocycles. The van der Waals surface area contributed by atoms with E-state index in [4.69, 9.17) is 15.7 Å². The van der Waals surface area contributed by atoms with Crippen molar-refractivity contribution in [2.24, 2.45) is 29.1 Å². The summed E-state index contributed by atoms with van der Waals surface area (Å²) in [5.41, 5.74) is -0.470. The van der Waals surface area contributed by atoms with Gasteiger partial charge in [0.05, 0.1) is 51.5 Å². The number of nitrogens with zero attached hydrogens (tertiary/aromatic N) is 1. The van der Waals surface area contributed by atoms with Gasteiger partial charge in [-0.15, -0.1) is 11.3 Å². The van der Waals surface area contributed by atoms with E-state index in [1.54, 1.807) is 25.2 Å². The van der Waals surface area contributed by atoms with Crippen molar-refractivity contribution in [1.82, 2.24) is 10.3 Å². The minimum Gasteiger partial charge on any atom is -0.392 e. The molecule has 2 fully saturated rings. The van der Waals surface area contributed by atoms with Crippen LogP contribution in [0.2, 0.25) is 0 Å². The van der Waals surface area contributed by atoms with E-state index in [0.717, 1.165) is 48.4 Å². The van der Waals surface area contributed by atoms with E-state index in [1.165, 1.54) is 6.92 Å². The van der Waals surface area contributed by atoms with Gasteiger partial charge in [-0.2, -0.15) is 0 Å². The molecule has 1 amide bonds. The lowest BCUT2D eigenvalue weighted by Gasteiger charge is -2.42. The number of rotatable bonds is 7. The van der Waals surface area contributed by atoms with Gasteiger partial charge in [0.1, 0.15) is 5.78 Å². The molecule has 2 aliphatic heterocycles. The molecule has 3 N–H and O–H groups in total. The molecule has 0 aromatic carbocycles. The zero-order valence-electron chi connectivity index (χ0n) is 34.1. The standard InChI is InChI=1S/C36H60N2O5S.318H2/c1-12-25-16-15-17-36(14-3)34(10,43-36)19-28(26(13-2)18-27-20-44-33(37-27)21(4)5)38-32(42)24(9)31(41)35(11,22(6)7)30(40)23(8)29(25)39;;;;;;;;;;;;;;;;;;;;;;;;;;;;;;;;;;;;;;;;;;;;;;;;;;;;;;;;;;;;;;;;;;;;;;;;;;;;;;;;;;;;;;;;;;;;;;;;;;;;;;;;;;;;;;;;;;;;;;;;;;;;;;;;;;;;;;;;;;;;;;;;;;;;;;;;;;;;;;;;;;;;;;;;;;;;;;;;;;;;;;;;;;;;;;;;;;;;;;;;;;;;;;;;;;;;;;;;;;;;;;;;;;;;;;;;;;;;;;;;;;;;;;;;;;;;;;;;;;;;;;;;;;;;;;;;;;;;;;;;;;;;;;;;;;;;;;;;;;;;;;;;;;;;;;;;;;;;;;/h18,20-25,28-29,31,39,41H,12-17,19H2,1-11H3,(H,38,42);318*1H/b26-18+;;;;;;;;;;;;;;;;;;;;;;;;;;;;;;;;;;;;;;;;;;;;;;;;;;;;;;;;;;;;;;;;;;;;;;;;;;;;;;;;;;;;;;;;;;;;;;;;;;;;;;;;;;;;;;;;;;;;;;;;;;;;;;;;;;;;;;;;;;;;;;;;;;;;;;;;;;;;;;;;;;;;;;;;;;;;;;;;;;;;;;;;;;;;;;;;;;;;;;;;;;;;;;;;;;;;;;;;;;;;;;;;;;;;;;;;;;;;;;;;;;;;;;;;;;;;;;;;;;;;;;;;;;;;;;;;;;;;;;;;;;;;;;;;;;;;;;;;;;;;;;;;;;;;;;;;;;;;;;/t23-,24?,25+,28+,29-,31+,34+,35?,36-;;;;;;;;;;;;;;;;;;;;;;;;;;;;;;;;;;;;;;;;;;;;;;;;;;;;;;;;;;;;;;;;;;;;;;;;;;;;;;;;;;;;;;;;;;;;;;;;;;;;;;;;;;;;;;;;;;;;;;;;;;;;;;;;;;;;;;;;;;;;;;;;;;;;;;;;;;;;;;;;;;;;;;;;;;;;;;;;;;;;;;;;;;;;;;;;;;;;;;;;;;;;;;;;;;;;;;;;;;;;;;;;;;;;;;;;;;;;;;;;;;;;;;;;;;;;;;;;;;;;;;;;;;;;;;;;;;;;;;;;;;;;;;;;;;;;;;;;;;;;;;;;;;;;;;;;;;;;;;/m1............................................................................................................................................................................................................................................................................................................................../s1/i24D;2*1+1D;;;;;;;;;;;;;;;;;;;;;;;;;;;;;;;;;;;;;;;;;;;;;;;;;;;;;;;;;;;;;;;;;;;;;;;;;;;;;;;;;;;;;;;;;;;;;;;;;;;;;;;;;;;;;;;;;;;;;;;;;;;;;;;;;;;;;;;;;;;;;;;;;;;;;;;;;;;;;;;;;;;;;;;;;;;;;;;;;;;;;;;;;;;;;;;;;;;;;;;;;;;;;;;;;;;;;;;;;;;;;;;;;;;;;;;;;;;;;;;;;;;;;;;;;;;;;;;;;;;;;;;;;;;;;;;;;;;;;;;;;;;;;;;;;;;;;;;;;;;;;;;;;;;;;;;;;;;;. The maximum absolute atomic E-state index is 14.2. The zero-order chi connectivity index (χ0) is 38.1. The number of aliphatic hydroxyl groups is 2. The first-order valence-corrected chi connectivity index (χ1v) is 17.8. The third-order valence-electron chi connectivity index (χ3n) is 11.2. The summed E-state index contributed by atoms with van der Waals surface area (Å²) in [6.45, 7) is 21.0. The number of ether oxygens (including phenoxy) is 1. The Labute approximate surface area is 747 Å². The number of hydrogen-bond donors (Lipinski definition) is 3. The second-order valence-electron chi connectivity index (χ2n) is 14.5. The lowest BCUT2D eigenvalue weighted by Crippen LogP contribution is -2.55. The number of aliphatic hydroxyl groups excluding tert-OH is 2. The minimum absolute atomic E-state index is 0. The van der Waals surface area contributed by atoms with E-state index in [0.29, 0.717) is 18.8 Å². The molecule has 3 heterocycles. The number of carbonyl (C=O) groups is 2. The lowest BCUT2D eigenvalue weighted by molar-refractivity contribution is -0.153. The van der Waals surface area contributed by atoms with Gasteiger partial charge in [-0.1, -0.05) is 75.2 Å². The molecular weight excluding hydrogens is 572 g/mol. The second kappa shape index (κ2) is 14.4. The first kappa shape index (κ1) is 32.3. The zero-order valence-corrected chi connectivity index (χ0v) is 29.9. The van der Waals surface area contributed by atoms with Gasteiger partial charge in [0, 0.05) is 482 Å². The Kier molecular flexibility index (Phi) is 10.6. The molecule has 1 aromatic rings. The number of hydrogen-bond acceptors (Lipinski definition) is 7. The number of aromatic nitrogens is 1. The second-order valence-corrected chi connectivity index (χ2v) is 15.4. The normalized spacial score (nSPS) is 40.5. The quantitative estimate of drug-likeness (QED) is 0.235. The maximum atomic E-state index is 14.2. The highest BCUT2D eigenvalue weighted by Crippen LogP contribution is 2.57. The van der Waals surface area contributed by atoms with Crippen LogP contribution in [0.5, 0.6) is 0 Å². The van der Waals surface area contributed by atoms with Crippen LogP contribution in [0, 0.1) is 29.1 Å². The van der Waals surface area contributed by atoms with E-state index in [1.807, 2.05) is 32.2 Å². The van der Waals surface area contributed by atoms with Crippen LogP contribution < -0.4 is 5.32 Å². The average Bonchev–Trinajstić information content (AvgIpc) is 3.38. The predicted molar refractivity (Wildman–Crippen MR) is 852 cm³/mol. The molecule has 9 atom stereocenters. The van der Waals surface area contributed by atoms with Gasteiger partial charge < -0.3 is 20.3 Å². The van der Waals surface area contributed by atoms with Gasteiger partial charge in [-0.3, -0.25) is 9.59 Å². The van der Waals surface area contributed by atoms with E-state index < -0.39 is 47.0 Å². The molecule has 7 nitrogen and oxygen atoms in total. The molecule has 0 saturated carbocycles. The van der Waals surface area contributed by atoms with Crippen LogP contribution in [-0.4, -0.2) is 56.3 Å². The summed E-state index contributed by atoms with van der Waals surface area (Å²) in [5.74, 6) is -3.92. The van der Waals surface area contributed by atoms with Gasteiger partial charge in [-0.25, -0.2) is 4.98 Å². The number of epoxide rings is 1. The Morgan fingerprint density at radius 3 is 2.45 bits per heavy atom. The van der Waals surface area contributed by atoms with Crippen LogP contribution in [-0.2, 0) is 14.3 Å². The Morgan fingerprint density at radius 1 is 1.27 bits per heavy atom. The Bertz CT molecular complexity index is 1420. The van der Waals surface area contributed by atoms with Crippen LogP contribution in [0.1, 0.15) is 596 Å². The Hall–Kier alpha value is -1.61. The van der Waals surface area contributed by atoms with Crippen molar-refractivity contribution >= 4 is 29.1 Å². The summed E-state index contributed by atoms with van der Waals surface area (Å²) in [4.78, 5) is 33.1. The molecule has 3 rings (SSSR count). The largest absolute Gasteiger partial charge is 0.392 e. The molecule has 0 bridgehead atoms. The number of thiazole rings is 1. The molecule has 1 aromatic heterocycles. The van der Waals surface area contributed by atoms with E-state index in [2.05, 4.69) is 39.9 Å². The van der Waals surface area contributed by atoms with Gasteiger partial charge in [0.15, 0.2) is 0 Å². The minimum atomic E-state index is -2.05. The van der Waals surface area contributed by atoms with Gasteiger partial charge in [0.2, 0.25) is 5.91 Å². The number of ketones is 1. The number of carbonyl (C=O) groups excluding carboxylic acids is 2. The monoisotopic (exact) mass is 1280 g/mol. The molecule has 2 unspecified atom stereocenters. The van der Waals surface area contributed by atoms with Crippen molar-refractivity contribution in [3.05, 3.63) is 21.7 Å². The van der Waals surface area contributed by atoms with Crippen LogP contribution >= 0.6 is 11.3 Å². The van der Waals surface area contributed by atoms with Crippen molar-refractivity contribution in [3.8, 4) is 0 Å². The maximum Gasteiger partial charge on any atom is 0.225 e. The van der Waals surface area contributed by atoms with Crippen molar-refractivity contribution in [2.45, 2.75) is 156 Å². The molecule has 8 heteroatoms. The summed E-state index contributed by atoms with van der Waals surface area (Å²) in [7, 11) is 0. The highest BCUT2D eigenvalue weighted by Gasteiger charge is 2.65. The fourth-order valence-corrected chi connectivity index (χ4v) is 8.20. The van der Waals surface area contributed by atoms with Crippen molar-refractivity contribution < 1.29 is 483 Å². The van der Waals surface area contributed by atoms with Crippen LogP contribution in [0.15, 0.2) is 11.0 Å². The predicted octanol–water partition coefficient (Wildman–Crippen LogP) is 85.5. The topological polar surface area (TPSA) is 112 Å². The van der Waals surface area contributed by atoms with E-state index >= 15 is 0 Å². The number of fused-ring (bicyclic) bond motifs is 1. The SMILES string of the molecule is [2H]C1(C)C(=O)N[C@H](/C(=C/c2csc(C(C)C)n2)CC)C[C@]2(C)O[C@]2(CC)CCC[C@H](CC)[C@H](O)[C@@H](C)C(=O)C(C)(C(C)C)[C@H]1O.[2H][2H].[2H][2H].[HH].[HH].[HH].[HH].[HH].[HH].[HH].[HH].[HH].[HH].[HH].[HH].[HH].[HH].[HH].[HH].[HH].[HH].[HH].[HH].[HH].[HH].[HH].[HH].[HH].[HH].[HH].[HH].[HH].[HH].[HH].[HH].[HH].[HH].[HH].[HH].[HH].[HH].[HH].[HH].[HH].[HH].[HH].[HH].[HH].[HH].[HH].[HH].[HH].[HH].[HH].[HH].[HH].[HH].[HH].[HH].[HH].[HH].[HH].[HH].[HH].[HH].[HH].[HH].[HH].[HH].[HH].[HH].[HH].[HH].[HH].[HH].[HH].[HH].[HH].[HH].[HH].[HH].[HH].[HH].[HH].[HH].[HH].[HH].[HH].[HH].[HH].[HH].[HH].[HH].[HH].[HH].[HH].[HH].[HH].[HH].[HH].[HH].[HH].[HH].[HH].[HH].[HH].[HH].[HH].[HH].[HH].[HH].[HH].[HH].[HH].[HH].[HH].[HH].[HH].[HH].[HH].[HH].[HH].[HH].[HH].[HH].[HH].[HH].[HH].[HH].[HH].[HH].[HH].[HH].[HH].[HH].[HH].[HH].[HH].[HH].[HH].[HH].[HH].[HH].[HH].[HH].[HH].[HH].[HH].[HH].[HH].[HH].[HH].[HH].[HH].[HH].[HH].[HH].[HH].[HH].[HH].[HH].[HH].[HH].[HH].[HH].[HH].[HH].[HH].[HH].[HH].[HH].[HH].[HH].[HH].[HH].[HH].[HH].[HH].[HH].[HH].[HH].[HH].[HH].[HH].[HH].[HH].[HH].[HH].[HH].[HH].[HH].[HH].[HH].[HH].[HH].[HH].[HH].[HH].[HH].[HH].[HH].[HH].[HH].[HH].[HH].[HH].[HH].[HH].[HH].[HH].[HH].[HH].[HH].[HH].[HH].[HH].[HH].[HH].[HH].[HH].[HH].[HH].[HH].[HH].[HH].[HH].[HH].[HH].[HH].[HH].[HH].[HH].[HH].[HH].[HH].[HH].[HH].[HH].[HH].[HH].[HH].[HH].[HH].[HH].[HH].[HH].[HH].[HH].[HH].[HH].[HH].[HH].[HH].[HH].[HH].[HH].[HH].[HH].[HH].[HH].[HH].[HH].[HH].[HH].[HH].[HH].[HH].[HH].[HH].[HH].[HH].[HH].[HH].[HH].[HH].[HH].[HH].[HH].[HH].[HH].[HH].[HH].[HH].[HH].[HH].[HH].[HH].[HH].[HH].[HH].[HH].[HH].[HH].[HH].[HH].[HH].[HH].[HH].[HH].[HH].[HH].[HH].[HH].[HH].[HH].[HH].[HH].[HH].[HH].[HH].[HH].[HH].[HH].[HH].[HH].[HH].[HH].[HH].[HH]. The summed E-state index contributed by atoms with van der Waals surface area (Å²) < 4.78 is 35.9. The molecular formula is C36H696N2O5S. The summed E-state index contributed by atoms with van der Waals surface area (Å²) >= 11 is 1.62. The molecule has 886 valence electrons. The van der Waals surface area contributed by atoms with E-state index in [9.17, 15) is 21.2 Å². The Balaban J connectivity index is -0.000000000238. The van der Waals surface area contributed by atoms with E-state index in [-0.39, 0.29) is 474 Å². The van der Waals surface area contributed by atoms with Crippen LogP contribution in [0.3, 0.4) is 0 Å². The summed E-state index contributed by atoms with van der Waals surface area (Å²) in [5, 5.41) is 29.6. The highest BCUT2D eigenvalue weighted by molar-refractivity contribution is 7.09. The van der Waals surface area contributed by atoms with Crippen LogP contribution in [0.4, 0.5) is 0 Å². The van der Waals surface area contributed by atoms with Crippen molar-refractivity contribution in [3.63, 3.8) is 0 Å². The third kappa shape index (κ3) is 7.19. The van der Waals surface area contributed by atoms with Crippen molar-refractivity contribution in [1.29, 1.82) is 0 Å². The summed E-state index contributed by atoms with van der Waals surface area (Å²) in [6.07, 6.45) is 4.67. The number of Topliss-reactive ketones (excluding diaryl/α,β-unsaturated/α-hetero) is 1. The first-order chi connectivity index (χ1) is 22.8. The van der Waals surface area contributed by atoms with Gasteiger partial charge in [-0.05, 0) is 63.0 Å². The molecule has 0 spiro atoms. The number of nitrogens with one attached hydrogen (secondary N) is 1. The lowest BCUT2D eigenvalue weighted by atomic mass is 9.63. The first-order valence-electron chi connectivity index (χ1n) is 19.4. The fraction of sp³-hybridized carbons (Fsp3) is 0.806. The number of amides is 1.